The molecule has 1 aromatic carbocycles. The van der Waals surface area contributed by atoms with Crippen LogP contribution in [0.5, 0.6) is 0 Å². The van der Waals surface area contributed by atoms with Gasteiger partial charge in [-0.15, -0.1) is 0 Å². The Labute approximate surface area is 124 Å². The predicted octanol–water partition coefficient (Wildman–Crippen LogP) is 2.01. The molecule has 1 fully saturated rings. The van der Waals surface area contributed by atoms with Gasteiger partial charge in [0.2, 0.25) is 11.8 Å². The van der Waals surface area contributed by atoms with Gasteiger partial charge in [0.25, 0.3) is 0 Å². The number of carbonyl (C=O) groups excluding carboxylic acids is 2. The third kappa shape index (κ3) is 4.53. The number of nitrogens with one attached hydrogen (secondary N) is 1. The number of hydrogen-bond donors (Lipinski definition) is 1. The first-order valence-corrected chi connectivity index (χ1v) is 7.22. The van der Waals surface area contributed by atoms with Crippen LogP contribution in [0.25, 0.3) is 0 Å². The number of hydrogen-bond acceptors (Lipinski definition) is 2. The average Bonchev–Trinajstić information content (AvgIpc) is 3.21. The summed E-state index contributed by atoms with van der Waals surface area (Å²) in [5, 5.41) is 3.51. The normalized spacial score (nSPS) is 13.9. The summed E-state index contributed by atoms with van der Waals surface area (Å²) in [4.78, 5) is 25.0. The van der Waals surface area contributed by atoms with Crippen molar-refractivity contribution in [3.05, 3.63) is 34.9 Å². The molecule has 1 saturated carbocycles. The van der Waals surface area contributed by atoms with E-state index in [-0.39, 0.29) is 11.8 Å². The van der Waals surface area contributed by atoms with E-state index in [1.807, 2.05) is 17.0 Å². The third-order valence-electron chi connectivity index (χ3n) is 3.34. The Balaban J connectivity index is 1.72. The van der Waals surface area contributed by atoms with Gasteiger partial charge in [0.05, 0.1) is 6.42 Å². The minimum Gasteiger partial charge on any atom is -0.354 e. The summed E-state index contributed by atoms with van der Waals surface area (Å²) in [7, 11) is 0. The van der Waals surface area contributed by atoms with Gasteiger partial charge >= 0.3 is 0 Å². The van der Waals surface area contributed by atoms with Crippen molar-refractivity contribution in [2.45, 2.75) is 32.2 Å². The molecule has 5 heteroatoms. The second-order valence-corrected chi connectivity index (χ2v) is 5.53. The number of amides is 2. The first-order chi connectivity index (χ1) is 9.56. The summed E-state index contributed by atoms with van der Waals surface area (Å²) >= 11 is 5.79. The van der Waals surface area contributed by atoms with E-state index in [0.717, 1.165) is 18.4 Å². The Bertz CT molecular complexity index is 483. The van der Waals surface area contributed by atoms with Crippen molar-refractivity contribution >= 4 is 23.4 Å². The molecule has 20 heavy (non-hydrogen) atoms. The zero-order chi connectivity index (χ0) is 14.5. The fourth-order valence-corrected chi connectivity index (χ4v) is 2.28. The SMILES string of the molecule is CC(=O)N(CCNC(=O)Cc1ccc(Cl)cc1)C1CC1. The van der Waals surface area contributed by atoms with Crippen LogP contribution in [-0.4, -0.2) is 35.8 Å². The number of halogens is 1. The number of nitrogens with zero attached hydrogens (tertiary/aromatic N) is 1. The summed E-state index contributed by atoms with van der Waals surface area (Å²) in [6.07, 6.45) is 2.50. The van der Waals surface area contributed by atoms with Crippen LogP contribution in [0, 0.1) is 0 Å². The molecule has 1 aromatic rings. The molecule has 0 saturated heterocycles. The Hall–Kier alpha value is -1.55. The van der Waals surface area contributed by atoms with Gasteiger partial charge in [-0.3, -0.25) is 9.59 Å². The minimum atomic E-state index is -0.0355. The highest BCUT2D eigenvalue weighted by molar-refractivity contribution is 6.30. The first kappa shape index (κ1) is 14.9. The molecule has 2 rings (SSSR count). The number of rotatable bonds is 6. The highest BCUT2D eigenvalue weighted by Gasteiger charge is 2.30. The number of benzene rings is 1. The molecule has 0 aliphatic heterocycles. The standard InChI is InChI=1S/C15H19ClN2O2/c1-11(19)18(14-6-7-14)9-8-17-15(20)10-12-2-4-13(16)5-3-12/h2-5,14H,6-10H2,1H3,(H,17,20). The third-order valence-corrected chi connectivity index (χ3v) is 3.60. The number of carbonyl (C=O) groups is 2. The van der Waals surface area contributed by atoms with E-state index < -0.39 is 0 Å². The van der Waals surface area contributed by atoms with E-state index in [0.29, 0.717) is 30.6 Å². The molecule has 108 valence electrons. The van der Waals surface area contributed by atoms with Gasteiger partial charge in [-0.1, -0.05) is 23.7 Å². The van der Waals surface area contributed by atoms with Gasteiger partial charge in [0.1, 0.15) is 0 Å². The molecular formula is C15H19ClN2O2. The van der Waals surface area contributed by atoms with Crippen molar-refractivity contribution in [1.82, 2.24) is 10.2 Å². The van der Waals surface area contributed by atoms with Crippen LogP contribution in [0.4, 0.5) is 0 Å². The monoisotopic (exact) mass is 294 g/mol. The predicted molar refractivity (Wildman–Crippen MR) is 78.6 cm³/mol. The molecule has 2 amide bonds. The molecule has 0 aromatic heterocycles. The van der Waals surface area contributed by atoms with Gasteiger partial charge in [-0.05, 0) is 30.5 Å². The van der Waals surface area contributed by atoms with Crippen LogP contribution in [0.3, 0.4) is 0 Å². The Morgan fingerprint density at radius 2 is 1.95 bits per heavy atom. The van der Waals surface area contributed by atoms with E-state index in [1.54, 1.807) is 19.1 Å². The Morgan fingerprint density at radius 3 is 2.50 bits per heavy atom. The van der Waals surface area contributed by atoms with Gasteiger partial charge in [0.15, 0.2) is 0 Å². The van der Waals surface area contributed by atoms with Crippen molar-refractivity contribution in [3.8, 4) is 0 Å². The van der Waals surface area contributed by atoms with E-state index >= 15 is 0 Å². The lowest BCUT2D eigenvalue weighted by Gasteiger charge is -2.20. The maximum atomic E-state index is 11.8. The summed E-state index contributed by atoms with van der Waals surface area (Å²) < 4.78 is 0. The second kappa shape index (κ2) is 6.75. The summed E-state index contributed by atoms with van der Waals surface area (Å²) in [5.41, 5.74) is 0.928. The molecule has 0 bridgehead atoms. The smallest absolute Gasteiger partial charge is 0.224 e. The molecule has 4 nitrogen and oxygen atoms in total. The van der Waals surface area contributed by atoms with Crippen molar-refractivity contribution in [3.63, 3.8) is 0 Å². The Kier molecular flexibility index (Phi) is 5.01. The van der Waals surface area contributed by atoms with E-state index in [9.17, 15) is 9.59 Å². The summed E-state index contributed by atoms with van der Waals surface area (Å²) in [5.74, 6) is 0.0473. The van der Waals surface area contributed by atoms with Crippen LogP contribution in [0.2, 0.25) is 5.02 Å². The molecule has 0 unspecified atom stereocenters. The maximum Gasteiger partial charge on any atom is 0.224 e. The van der Waals surface area contributed by atoms with E-state index in [1.165, 1.54) is 0 Å². The van der Waals surface area contributed by atoms with Crippen LogP contribution in [0.15, 0.2) is 24.3 Å². The molecule has 1 aliphatic carbocycles. The average molecular weight is 295 g/mol. The molecule has 1 aliphatic rings. The lowest BCUT2D eigenvalue weighted by Crippen LogP contribution is -2.39. The van der Waals surface area contributed by atoms with Crippen LogP contribution in [0.1, 0.15) is 25.3 Å². The van der Waals surface area contributed by atoms with Gasteiger partial charge in [-0.25, -0.2) is 0 Å². The first-order valence-electron chi connectivity index (χ1n) is 6.84. The Morgan fingerprint density at radius 1 is 1.30 bits per heavy atom. The zero-order valence-electron chi connectivity index (χ0n) is 11.6. The zero-order valence-corrected chi connectivity index (χ0v) is 12.3. The van der Waals surface area contributed by atoms with Crippen molar-refractivity contribution < 1.29 is 9.59 Å². The minimum absolute atomic E-state index is 0.0355. The highest BCUT2D eigenvalue weighted by Crippen LogP contribution is 2.26. The summed E-state index contributed by atoms with van der Waals surface area (Å²) in [6.45, 7) is 2.67. The lowest BCUT2D eigenvalue weighted by molar-refractivity contribution is -0.130. The van der Waals surface area contributed by atoms with Gasteiger partial charge in [0, 0.05) is 31.1 Å². The van der Waals surface area contributed by atoms with E-state index in [2.05, 4.69) is 5.32 Å². The van der Waals surface area contributed by atoms with Crippen molar-refractivity contribution in [1.29, 1.82) is 0 Å². The van der Waals surface area contributed by atoms with Gasteiger partial charge < -0.3 is 10.2 Å². The molecular weight excluding hydrogens is 276 g/mol. The lowest BCUT2D eigenvalue weighted by atomic mass is 10.1. The van der Waals surface area contributed by atoms with Crippen LogP contribution in [-0.2, 0) is 16.0 Å². The maximum absolute atomic E-state index is 11.8. The molecule has 0 radical (unpaired) electrons. The fraction of sp³-hybridized carbons (Fsp3) is 0.467. The molecule has 0 atom stereocenters. The fourth-order valence-electron chi connectivity index (χ4n) is 2.15. The van der Waals surface area contributed by atoms with Crippen LogP contribution < -0.4 is 5.32 Å². The molecule has 0 heterocycles. The highest BCUT2D eigenvalue weighted by atomic mass is 35.5. The van der Waals surface area contributed by atoms with E-state index in [4.69, 9.17) is 11.6 Å². The summed E-state index contributed by atoms with van der Waals surface area (Å²) in [6, 6.07) is 7.62. The topological polar surface area (TPSA) is 49.4 Å². The molecule has 0 spiro atoms. The molecule has 1 N–H and O–H groups in total. The van der Waals surface area contributed by atoms with Crippen LogP contribution >= 0.6 is 11.6 Å². The van der Waals surface area contributed by atoms with Gasteiger partial charge in [-0.2, -0.15) is 0 Å². The quantitative estimate of drug-likeness (QED) is 0.872. The second-order valence-electron chi connectivity index (χ2n) is 5.10. The van der Waals surface area contributed by atoms with Crippen molar-refractivity contribution in [2.75, 3.05) is 13.1 Å². The van der Waals surface area contributed by atoms with Crippen molar-refractivity contribution in [2.24, 2.45) is 0 Å². The largest absolute Gasteiger partial charge is 0.354 e.